The number of non-ortho nitro benzene ring substituents is 1. The van der Waals surface area contributed by atoms with E-state index in [4.69, 9.17) is 21.4 Å². The van der Waals surface area contributed by atoms with Gasteiger partial charge in [0.2, 0.25) is 5.91 Å². The number of para-hydroxylation sites is 1. The molecule has 0 saturated carbocycles. The molecule has 1 aliphatic rings. The second-order valence-electron chi connectivity index (χ2n) is 9.28. The van der Waals surface area contributed by atoms with Crippen molar-refractivity contribution in [3.8, 4) is 17.1 Å². The first-order chi connectivity index (χ1) is 19.4. The maximum absolute atomic E-state index is 12.9. The third-order valence-corrected chi connectivity index (χ3v) is 7.13. The quantitative estimate of drug-likeness (QED) is 0.154. The number of aryl methyl sites for hydroxylation is 1. The van der Waals surface area contributed by atoms with Crippen molar-refractivity contribution in [2.75, 3.05) is 19.0 Å². The van der Waals surface area contributed by atoms with E-state index < -0.39 is 11.0 Å². The normalized spacial score (nSPS) is 16.4. The molecule has 0 bridgehead atoms. The largest absolute Gasteiger partial charge is 0.496 e. The van der Waals surface area contributed by atoms with Gasteiger partial charge in [-0.1, -0.05) is 24.3 Å². The fourth-order valence-corrected chi connectivity index (χ4v) is 5.09. The summed E-state index contributed by atoms with van der Waals surface area (Å²) in [6.07, 6.45) is 1.91. The Labute approximate surface area is 236 Å². The molecular formula is C29H27N5O5S. The molecule has 4 aromatic rings. The van der Waals surface area contributed by atoms with Gasteiger partial charge in [0.05, 0.1) is 35.4 Å². The number of carbonyl (C=O) groups is 1. The molecular weight excluding hydrogens is 530 g/mol. The van der Waals surface area contributed by atoms with Crippen LogP contribution in [0.2, 0.25) is 0 Å². The third kappa shape index (κ3) is 5.50. The van der Waals surface area contributed by atoms with Crippen LogP contribution in [0.5, 0.6) is 5.75 Å². The fraction of sp³-hybridized carbons (Fsp3) is 0.207. The first-order valence-electron chi connectivity index (χ1n) is 12.6. The Kier molecular flexibility index (Phi) is 7.74. The number of hydrogen-bond acceptors (Lipinski definition) is 7. The minimum absolute atomic E-state index is 0.0805. The van der Waals surface area contributed by atoms with Crippen molar-refractivity contribution in [3.05, 3.63) is 106 Å². The predicted molar refractivity (Wildman–Crippen MR) is 154 cm³/mol. The van der Waals surface area contributed by atoms with Gasteiger partial charge < -0.3 is 24.7 Å². The average Bonchev–Trinajstić information content (AvgIpc) is 3.57. The maximum Gasteiger partial charge on any atom is 0.273 e. The lowest BCUT2D eigenvalue weighted by atomic mass is 10.0. The summed E-state index contributed by atoms with van der Waals surface area (Å²) >= 11 is 5.71. The van der Waals surface area contributed by atoms with Crippen LogP contribution < -0.4 is 15.4 Å². The first-order valence-corrected chi connectivity index (χ1v) is 13.0. The molecule has 2 unspecified atom stereocenters. The molecule has 1 amide bonds. The molecule has 0 aliphatic carbocycles. The smallest absolute Gasteiger partial charge is 0.273 e. The summed E-state index contributed by atoms with van der Waals surface area (Å²) in [5.74, 6) is 1.27. The molecule has 3 heterocycles. The minimum Gasteiger partial charge on any atom is -0.496 e. The molecule has 1 saturated heterocycles. The van der Waals surface area contributed by atoms with Gasteiger partial charge in [-0.2, -0.15) is 0 Å². The van der Waals surface area contributed by atoms with Crippen molar-refractivity contribution in [2.24, 2.45) is 0 Å². The predicted octanol–water partition coefficient (Wildman–Crippen LogP) is 5.57. The van der Waals surface area contributed by atoms with E-state index in [2.05, 4.69) is 15.6 Å². The molecule has 0 spiro atoms. The highest BCUT2D eigenvalue weighted by Crippen LogP contribution is 2.42. The average molecular weight is 558 g/mol. The van der Waals surface area contributed by atoms with Crippen molar-refractivity contribution in [1.29, 1.82) is 0 Å². The number of aromatic nitrogens is 1. The highest BCUT2D eigenvalue weighted by atomic mass is 32.1. The Morgan fingerprint density at radius 2 is 1.98 bits per heavy atom. The molecule has 2 aromatic heterocycles. The van der Waals surface area contributed by atoms with Gasteiger partial charge in [-0.15, -0.1) is 0 Å². The molecule has 40 heavy (non-hydrogen) atoms. The zero-order valence-electron chi connectivity index (χ0n) is 21.9. The van der Waals surface area contributed by atoms with Gasteiger partial charge in [0.1, 0.15) is 23.3 Å². The van der Waals surface area contributed by atoms with Gasteiger partial charge in [-0.25, -0.2) is 0 Å². The number of benzene rings is 2. The molecule has 11 heteroatoms. The van der Waals surface area contributed by atoms with Crippen molar-refractivity contribution in [1.82, 2.24) is 15.2 Å². The van der Waals surface area contributed by atoms with Crippen LogP contribution in [0.15, 0.2) is 83.4 Å². The molecule has 0 radical (unpaired) electrons. The summed E-state index contributed by atoms with van der Waals surface area (Å²) < 4.78 is 11.7. The second kappa shape index (κ2) is 11.5. The molecule has 204 valence electrons. The van der Waals surface area contributed by atoms with Crippen LogP contribution in [0.3, 0.4) is 0 Å². The zero-order chi connectivity index (χ0) is 28.2. The first kappa shape index (κ1) is 26.8. The summed E-state index contributed by atoms with van der Waals surface area (Å²) in [6, 6.07) is 20.5. The number of ether oxygens (including phenoxy) is 1. The SMILES string of the molecule is COc1cc([N+](=O)[O-])ccc1-c1ccc(C2C(c3ccccn3)NC(=S)N2CCC(=O)Nc2ccccc2C)o1. The number of thiocarbonyl (C=S) groups is 1. The van der Waals surface area contributed by atoms with Crippen LogP contribution in [0, 0.1) is 17.0 Å². The Morgan fingerprint density at radius 1 is 1.18 bits per heavy atom. The number of amides is 1. The van der Waals surface area contributed by atoms with E-state index >= 15 is 0 Å². The van der Waals surface area contributed by atoms with Crippen LogP contribution >= 0.6 is 12.2 Å². The fourth-order valence-electron chi connectivity index (χ4n) is 4.76. The molecule has 2 N–H and O–H groups in total. The highest BCUT2D eigenvalue weighted by molar-refractivity contribution is 7.80. The zero-order valence-corrected chi connectivity index (χ0v) is 22.7. The van der Waals surface area contributed by atoms with Gasteiger partial charge in [-0.05, 0) is 61.1 Å². The van der Waals surface area contributed by atoms with E-state index in [9.17, 15) is 14.9 Å². The van der Waals surface area contributed by atoms with Crippen LogP contribution in [-0.2, 0) is 4.79 Å². The van der Waals surface area contributed by atoms with Gasteiger partial charge in [0.15, 0.2) is 5.11 Å². The van der Waals surface area contributed by atoms with Crippen LogP contribution in [0.4, 0.5) is 11.4 Å². The van der Waals surface area contributed by atoms with E-state index in [-0.39, 0.29) is 24.1 Å². The van der Waals surface area contributed by atoms with E-state index in [1.54, 1.807) is 18.3 Å². The summed E-state index contributed by atoms with van der Waals surface area (Å²) in [5, 5.41) is 18.0. The van der Waals surface area contributed by atoms with Gasteiger partial charge in [-0.3, -0.25) is 19.9 Å². The number of furan rings is 1. The molecule has 10 nitrogen and oxygen atoms in total. The van der Waals surface area contributed by atoms with E-state index in [1.807, 2.05) is 60.4 Å². The van der Waals surface area contributed by atoms with Crippen LogP contribution in [0.25, 0.3) is 11.3 Å². The van der Waals surface area contributed by atoms with Crippen molar-refractivity contribution >= 4 is 34.6 Å². The number of nitro groups is 1. The summed E-state index contributed by atoms with van der Waals surface area (Å²) in [6.45, 7) is 2.28. The number of rotatable bonds is 9. The molecule has 1 fully saturated rings. The topological polar surface area (TPSA) is 123 Å². The van der Waals surface area contributed by atoms with Crippen molar-refractivity contribution in [3.63, 3.8) is 0 Å². The number of hydrogen-bond donors (Lipinski definition) is 2. The van der Waals surface area contributed by atoms with E-state index in [1.165, 1.54) is 19.2 Å². The van der Waals surface area contributed by atoms with E-state index in [0.29, 0.717) is 34.5 Å². The highest BCUT2D eigenvalue weighted by Gasteiger charge is 2.41. The van der Waals surface area contributed by atoms with Crippen LogP contribution in [0.1, 0.15) is 35.5 Å². The standard InChI is InChI=1S/C29H27N5O5S/c1-18-7-3-4-8-21(18)31-26(35)14-16-33-28(27(32-29(33)40)22-9-5-6-15-30-22)24-13-12-23(39-24)20-11-10-19(34(36)37)17-25(20)38-2/h3-13,15,17,27-28H,14,16H2,1-2H3,(H,31,35)(H,32,40). The third-order valence-electron chi connectivity index (χ3n) is 6.78. The Bertz CT molecular complexity index is 1560. The summed E-state index contributed by atoms with van der Waals surface area (Å²) in [5.41, 5.74) is 3.01. The monoisotopic (exact) mass is 557 g/mol. The van der Waals surface area contributed by atoms with Gasteiger partial charge >= 0.3 is 0 Å². The number of pyridine rings is 1. The van der Waals surface area contributed by atoms with E-state index in [0.717, 1.165) is 16.9 Å². The Hall–Kier alpha value is -4.77. The minimum atomic E-state index is -0.477. The maximum atomic E-state index is 12.9. The summed E-state index contributed by atoms with van der Waals surface area (Å²) in [7, 11) is 1.45. The van der Waals surface area contributed by atoms with Crippen molar-refractivity contribution in [2.45, 2.75) is 25.4 Å². The number of carbonyl (C=O) groups excluding carboxylic acids is 1. The number of nitrogens with zero attached hydrogens (tertiary/aromatic N) is 3. The second-order valence-corrected chi connectivity index (χ2v) is 9.66. The van der Waals surface area contributed by atoms with Gasteiger partial charge in [0.25, 0.3) is 5.69 Å². The van der Waals surface area contributed by atoms with Crippen molar-refractivity contribution < 1.29 is 18.9 Å². The molecule has 1 aliphatic heterocycles. The van der Waals surface area contributed by atoms with Crippen LogP contribution in [-0.4, -0.2) is 39.5 Å². The Balaban J connectivity index is 1.43. The lowest BCUT2D eigenvalue weighted by molar-refractivity contribution is -0.384. The lowest BCUT2D eigenvalue weighted by Crippen LogP contribution is -2.32. The lowest BCUT2D eigenvalue weighted by Gasteiger charge is -2.26. The number of anilines is 1. The number of nitrogens with one attached hydrogen (secondary N) is 2. The van der Waals surface area contributed by atoms with Gasteiger partial charge in [0, 0.05) is 30.9 Å². The number of nitro benzene ring substituents is 1. The summed E-state index contributed by atoms with van der Waals surface area (Å²) in [4.78, 5) is 30.1. The Morgan fingerprint density at radius 3 is 2.70 bits per heavy atom. The molecule has 2 aromatic carbocycles. The number of methoxy groups -OCH3 is 1. The molecule has 2 atom stereocenters. The molecule has 5 rings (SSSR count).